The predicted molar refractivity (Wildman–Crippen MR) is 116 cm³/mol. The van der Waals surface area contributed by atoms with Crippen LogP contribution in [-0.4, -0.2) is 30.9 Å². The average Bonchev–Trinajstić information content (AvgIpc) is 3.45. The topological polar surface area (TPSA) is 72.7 Å². The molecule has 2 aromatic heterocycles. The fourth-order valence-corrected chi connectivity index (χ4v) is 4.44. The zero-order valence-electron chi connectivity index (χ0n) is 17.1. The number of rotatable bonds is 6. The van der Waals surface area contributed by atoms with Crippen LogP contribution in [0.4, 0.5) is 5.69 Å². The molecule has 1 aromatic carbocycles. The van der Waals surface area contributed by atoms with Crippen LogP contribution >= 0.6 is 11.8 Å². The molecule has 4 rings (SSSR count). The zero-order valence-corrected chi connectivity index (χ0v) is 18.0. The smallest absolute Gasteiger partial charge is 0.237 e. The van der Waals surface area contributed by atoms with Crippen molar-refractivity contribution >= 4 is 23.4 Å². The highest BCUT2D eigenvalue weighted by molar-refractivity contribution is 8.00. The van der Waals surface area contributed by atoms with Gasteiger partial charge in [-0.1, -0.05) is 29.5 Å². The van der Waals surface area contributed by atoms with E-state index in [0.717, 1.165) is 46.2 Å². The molecular weight excluding hydrogens is 382 g/mol. The van der Waals surface area contributed by atoms with E-state index in [0.29, 0.717) is 6.04 Å². The van der Waals surface area contributed by atoms with E-state index in [1.54, 1.807) is 12.4 Å². The van der Waals surface area contributed by atoms with Crippen molar-refractivity contribution in [1.29, 1.82) is 0 Å². The molecule has 6 nitrogen and oxygen atoms in total. The Bertz CT molecular complexity index is 1020. The van der Waals surface area contributed by atoms with E-state index in [1.807, 2.05) is 32.9 Å². The molecule has 1 N–H and O–H groups in total. The average molecular weight is 408 g/mol. The fourth-order valence-electron chi connectivity index (χ4n) is 3.52. The highest BCUT2D eigenvalue weighted by Crippen LogP contribution is 2.41. The molecule has 1 amide bonds. The molecular formula is C22H25N5OS. The SMILES string of the molecule is Cc1cc(C)c(NC(=O)[C@H](C)Sc2nnc(-c3cccnc3)n2C2CC2)c(C)c1. The molecule has 1 aliphatic carbocycles. The van der Waals surface area contributed by atoms with E-state index >= 15 is 0 Å². The summed E-state index contributed by atoms with van der Waals surface area (Å²) >= 11 is 1.45. The summed E-state index contributed by atoms with van der Waals surface area (Å²) in [5.74, 6) is 0.791. The highest BCUT2D eigenvalue weighted by Gasteiger charge is 2.31. The Kier molecular flexibility index (Phi) is 5.41. The van der Waals surface area contributed by atoms with Crippen LogP contribution in [0.3, 0.4) is 0 Å². The number of carbonyl (C=O) groups excluding carboxylic acids is 1. The van der Waals surface area contributed by atoms with Gasteiger partial charge in [0.2, 0.25) is 5.91 Å². The number of nitrogens with one attached hydrogen (secondary N) is 1. The third-order valence-corrected chi connectivity index (χ3v) is 6.13. The second-order valence-corrected chi connectivity index (χ2v) is 8.98. The van der Waals surface area contributed by atoms with Crippen LogP contribution in [0, 0.1) is 20.8 Å². The number of hydrogen-bond donors (Lipinski definition) is 1. The number of hydrogen-bond acceptors (Lipinski definition) is 5. The number of amides is 1. The van der Waals surface area contributed by atoms with Crippen molar-refractivity contribution in [2.45, 2.75) is 57.0 Å². The number of aryl methyl sites for hydroxylation is 3. The molecule has 3 aromatic rings. The van der Waals surface area contributed by atoms with Crippen molar-refractivity contribution in [3.8, 4) is 11.4 Å². The Morgan fingerprint density at radius 3 is 2.55 bits per heavy atom. The van der Waals surface area contributed by atoms with Crippen molar-refractivity contribution in [3.05, 3.63) is 53.3 Å². The standard InChI is InChI=1S/C22H25N5OS/c1-13-10-14(2)19(15(3)11-13)24-21(28)16(4)29-22-26-25-20(27(22)18-7-8-18)17-6-5-9-23-12-17/h5-6,9-12,16,18H,7-8H2,1-4H3,(H,24,28)/t16-/m0/s1. The van der Waals surface area contributed by atoms with Gasteiger partial charge in [0.15, 0.2) is 11.0 Å². The van der Waals surface area contributed by atoms with E-state index < -0.39 is 0 Å². The number of anilines is 1. The maximum absolute atomic E-state index is 12.9. The maximum Gasteiger partial charge on any atom is 0.237 e. The van der Waals surface area contributed by atoms with E-state index in [9.17, 15) is 4.79 Å². The third-order valence-electron chi connectivity index (χ3n) is 5.07. The second-order valence-electron chi connectivity index (χ2n) is 7.67. The lowest BCUT2D eigenvalue weighted by molar-refractivity contribution is -0.115. The summed E-state index contributed by atoms with van der Waals surface area (Å²) in [4.78, 5) is 17.1. The molecule has 2 heterocycles. The van der Waals surface area contributed by atoms with Gasteiger partial charge in [0.25, 0.3) is 0 Å². The van der Waals surface area contributed by atoms with Crippen molar-refractivity contribution in [1.82, 2.24) is 19.7 Å². The van der Waals surface area contributed by atoms with Crippen LogP contribution in [0.5, 0.6) is 0 Å². The first kappa shape index (κ1) is 19.6. The molecule has 29 heavy (non-hydrogen) atoms. The Morgan fingerprint density at radius 1 is 1.21 bits per heavy atom. The number of pyridine rings is 1. The molecule has 0 saturated heterocycles. The van der Waals surface area contributed by atoms with Gasteiger partial charge in [-0.05, 0) is 63.8 Å². The Hall–Kier alpha value is -2.67. The second kappa shape index (κ2) is 7.99. The van der Waals surface area contributed by atoms with Gasteiger partial charge in [0.1, 0.15) is 0 Å². The molecule has 1 fully saturated rings. The molecule has 150 valence electrons. The minimum atomic E-state index is -0.293. The van der Waals surface area contributed by atoms with Gasteiger partial charge in [0, 0.05) is 29.7 Å². The summed E-state index contributed by atoms with van der Waals surface area (Å²) in [6, 6.07) is 8.47. The van der Waals surface area contributed by atoms with Gasteiger partial charge in [0.05, 0.1) is 5.25 Å². The quantitative estimate of drug-likeness (QED) is 0.599. The number of aromatic nitrogens is 4. The minimum Gasteiger partial charge on any atom is -0.325 e. The van der Waals surface area contributed by atoms with Crippen LogP contribution in [0.15, 0.2) is 41.8 Å². The van der Waals surface area contributed by atoms with Crippen LogP contribution in [0.1, 0.15) is 42.5 Å². The summed E-state index contributed by atoms with van der Waals surface area (Å²) < 4.78 is 2.16. The summed E-state index contributed by atoms with van der Waals surface area (Å²) in [7, 11) is 0. The normalized spacial score (nSPS) is 14.6. The molecule has 1 saturated carbocycles. The number of nitrogens with zero attached hydrogens (tertiary/aromatic N) is 4. The first-order chi connectivity index (χ1) is 13.9. The van der Waals surface area contributed by atoms with Gasteiger partial charge in [-0.3, -0.25) is 14.3 Å². The lowest BCUT2D eigenvalue weighted by Gasteiger charge is -2.16. The first-order valence-corrected chi connectivity index (χ1v) is 10.7. The van der Waals surface area contributed by atoms with Crippen LogP contribution in [0.2, 0.25) is 0 Å². The van der Waals surface area contributed by atoms with Gasteiger partial charge in [-0.25, -0.2) is 0 Å². The van der Waals surface area contributed by atoms with Gasteiger partial charge >= 0.3 is 0 Å². The lowest BCUT2D eigenvalue weighted by Crippen LogP contribution is -2.24. The highest BCUT2D eigenvalue weighted by atomic mass is 32.2. The van der Waals surface area contributed by atoms with Crippen LogP contribution in [0.25, 0.3) is 11.4 Å². The summed E-state index contributed by atoms with van der Waals surface area (Å²) in [5.41, 5.74) is 5.19. The van der Waals surface area contributed by atoms with E-state index in [4.69, 9.17) is 0 Å². The summed E-state index contributed by atoms with van der Waals surface area (Å²) in [5, 5.41) is 12.4. The monoisotopic (exact) mass is 407 g/mol. The third kappa shape index (κ3) is 4.19. The van der Waals surface area contributed by atoms with E-state index in [1.165, 1.54) is 17.3 Å². The Balaban J connectivity index is 1.54. The van der Waals surface area contributed by atoms with Crippen LogP contribution in [-0.2, 0) is 4.79 Å². The molecule has 0 bridgehead atoms. The number of benzene rings is 1. The molecule has 0 aliphatic heterocycles. The van der Waals surface area contributed by atoms with Crippen LogP contribution < -0.4 is 5.32 Å². The van der Waals surface area contributed by atoms with Crippen molar-refractivity contribution in [3.63, 3.8) is 0 Å². The molecule has 0 radical (unpaired) electrons. The summed E-state index contributed by atoms with van der Waals surface area (Å²) in [6.45, 7) is 8.03. The molecule has 0 spiro atoms. The van der Waals surface area contributed by atoms with E-state index in [-0.39, 0.29) is 11.2 Å². The van der Waals surface area contributed by atoms with Gasteiger partial charge < -0.3 is 5.32 Å². The lowest BCUT2D eigenvalue weighted by atomic mass is 10.1. The van der Waals surface area contributed by atoms with Crippen molar-refractivity contribution in [2.24, 2.45) is 0 Å². The van der Waals surface area contributed by atoms with Gasteiger partial charge in [-0.2, -0.15) is 0 Å². The summed E-state index contributed by atoms with van der Waals surface area (Å²) in [6.07, 6.45) is 5.78. The largest absolute Gasteiger partial charge is 0.325 e. The Labute approximate surface area is 175 Å². The zero-order chi connectivity index (χ0) is 20.5. The first-order valence-electron chi connectivity index (χ1n) is 9.84. The Morgan fingerprint density at radius 2 is 1.93 bits per heavy atom. The van der Waals surface area contributed by atoms with Crippen molar-refractivity contribution in [2.75, 3.05) is 5.32 Å². The molecule has 7 heteroatoms. The predicted octanol–water partition coefficient (Wildman–Crippen LogP) is 4.72. The van der Waals surface area contributed by atoms with E-state index in [2.05, 4.69) is 44.1 Å². The molecule has 1 aliphatic rings. The minimum absolute atomic E-state index is 0.0293. The van der Waals surface area contributed by atoms with Gasteiger partial charge in [-0.15, -0.1) is 10.2 Å². The number of carbonyl (C=O) groups is 1. The number of thioether (sulfide) groups is 1. The molecule has 0 unspecified atom stereocenters. The molecule has 1 atom stereocenters. The fraction of sp³-hybridized carbons (Fsp3) is 0.364. The maximum atomic E-state index is 12.9. The van der Waals surface area contributed by atoms with Crippen molar-refractivity contribution < 1.29 is 4.79 Å².